The zero-order chi connectivity index (χ0) is 18.6. The minimum atomic E-state index is -3.49. The third-order valence-electron chi connectivity index (χ3n) is 3.62. The monoisotopic (exact) mass is 361 g/mol. The van der Waals surface area contributed by atoms with Gasteiger partial charge in [-0.3, -0.25) is 13.9 Å². The van der Waals surface area contributed by atoms with Gasteiger partial charge in [0.25, 0.3) is 11.8 Å². The van der Waals surface area contributed by atoms with Crippen molar-refractivity contribution in [2.75, 3.05) is 30.0 Å². The number of nitrogens with zero attached hydrogens (tertiary/aromatic N) is 1. The summed E-state index contributed by atoms with van der Waals surface area (Å²) in [7, 11) is -0.570. The molecular weight excluding hydrogens is 342 g/mol. The Kier molecular flexibility index (Phi) is 5.43. The van der Waals surface area contributed by atoms with Gasteiger partial charge in [-0.1, -0.05) is 12.1 Å². The molecule has 0 atom stereocenters. The lowest BCUT2D eigenvalue weighted by atomic mass is 10.1. The summed E-state index contributed by atoms with van der Waals surface area (Å²) in [6.45, 7) is 0. The van der Waals surface area contributed by atoms with Crippen molar-refractivity contribution in [2.24, 2.45) is 0 Å². The summed E-state index contributed by atoms with van der Waals surface area (Å²) in [5.41, 5.74) is 1.47. The fourth-order valence-electron chi connectivity index (χ4n) is 2.17. The van der Waals surface area contributed by atoms with Gasteiger partial charge in [-0.05, 0) is 36.4 Å². The molecular formula is C17H19N3O4S. The molecule has 0 saturated heterocycles. The first-order valence-corrected chi connectivity index (χ1v) is 9.25. The number of hydrogen-bond acceptors (Lipinski definition) is 4. The normalized spacial score (nSPS) is 10.8. The Labute approximate surface area is 146 Å². The number of benzene rings is 2. The van der Waals surface area contributed by atoms with Gasteiger partial charge < -0.3 is 10.6 Å². The number of rotatable bonds is 5. The molecule has 0 spiro atoms. The molecule has 0 aliphatic rings. The van der Waals surface area contributed by atoms with E-state index < -0.39 is 15.9 Å². The van der Waals surface area contributed by atoms with E-state index in [9.17, 15) is 18.0 Å². The summed E-state index contributed by atoms with van der Waals surface area (Å²) in [5.74, 6) is -0.670. The number of sulfonamides is 1. The van der Waals surface area contributed by atoms with E-state index in [0.717, 1.165) is 10.6 Å². The maximum atomic E-state index is 12.5. The first-order valence-electron chi connectivity index (χ1n) is 7.40. The summed E-state index contributed by atoms with van der Waals surface area (Å²) in [5, 5.41) is 5.21. The molecule has 2 aromatic rings. The van der Waals surface area contributed by atoms with Crippen LogP contribution in [0.5, 0.6) is 0 Å². The summed E-state index contributed by atoms with van der Waals surface area (Å²) in [6.07, 6.45) is 1.07. The first kappa shape index (κ1) is 18.5. The summed E-state index contributed by atoms with van der Waals surface area (Å²) < 4.78 is 24.6. The van der Waals surface area contributed by atoms with Crippen LogP contribution in [0.25, 0.3) is 0 Å². The van der Waals surface area contributed by atoms with Crippen molar-refractivity contribution in [3.05, 3.63) is 59.7 Å². The minimum absolute atomic E-state index is 0.224. The second kappa shape index (κ2) is 7.35. The van der Waals surface area contributed by atoms with Crippen molar-refractivity contribution < 1.29 is 18.0 Å². The predicted octanol–water partition coefficient (Wildman–Crippen LogP) is 1.69. The number of carbonyl (C=O) groups excluding carboxylic acids is 2. The average Bonchev–Trinajstić information content (AvgIpc) is 2.60. The fraction of sp³-hybridized carbons (Fsp3) is 0.176. The maximum Gasteiger partial charge on any atom is 0.257 e. The Hall–Kier alpha value is -2.87. The number of nitrogens with one attached hydrogen (secondary N) is 2. The molecule has 0 radical (unpaired) electrons. The highest BCUT2D eigenvalue weighted by atomic mass is 32.2. The smallest absolute Gasteiger partial charge is 0.257 e. The summed E-state index contributed by atoms with van der Waals surface area (Å²) in [4.78, 5) is 24.1. The molecule has 8 heteroatoms. The van der Waals surface area contributed by atoms with Crippen molar-refractivity contribution in [3.8, 4) is 0 Å². The fourth-order valence-corrected chi connectivity index (χ4v) is 2.68. The molecule has 0 aromatic heterocycles. The molecule has 0 bridgehead atoms. The number of para-hydroxylation sites is 1. The molecule has 0 unspecified atom stereocenters. The number of hydrogen-bond donors (Lipinski definition) is 2. The Bertz CT molecular complexity index is 892. The van der Waals surface area contributed by atoms with E-state index in [1.54, 1.807) is 48.5 Å². The van der Waals surface area contributed by atoms with E-state index in [-0.39, 0.29) is 17.2 Å². The van der Waals surface area contributed by atoms with Crippen LogP contribution in [0.4, 0.5) is 11.4 Å². The molecule has 0 fully saturated rings. The van der Waals surface area contributed by atoms with Crippen LogP contribution in [0.15, 0.2) is 48.5 Å². The van der Waals surface area contributed by atoms with Crippen molar-refractivity contribution in [1.29, 1.82) is 0 Å². The van der Waals surface area contributed by atoms with E-state index in [2.05, 4.69) is 10.6 Å². The summed E-state index contributed by atoms with van der Waals surface area (Å²) >= 11 is 0. The molecule has 0 heterocycles. The number of anilines is 2. The zero-order valence-corrected chi connectivity index (χ0v) is 14.9. The number of amides is 2. The van der Waals surface area contributed by atoms with Gasteiger partial charge in [0.15, 0.2) is 0 Å². The van der Waals surface area contributed by atoms with Gasteiger partial charge in [0.05, 0.1) is 17.5 Å². The molecule has 25 heavy (non-hydrogen) atoms. The molecule has 2 N–H and O–H groups in total. The Balaban J connectivity index is 2.26. The van der Waals surface area contributed by atoms with Crippen molar-refractivity contribution in [1.82, 2.24) is 5.32 Å². The van der Waals surface area contributed by atoms with Gasteiger partial charge in [-0.2, -0.15) is 0 Å². The molecule has 2 aromatic carbocycles. The maximum absolute atomic E-state index is 12.5. The summed E-state index contributed by atoms with van der Waals surface area (Å²) in [6, 6.07) is 12.8. The van der Waals surface area contributed by atoms with E-state index in [0.29, 0.717) is 11.3 Å². The highest BCUT2D eigenvalue weighted by Gasteiger charge is 2.19. The SMILES string of the molecule is CNC(=O)c1ccc(NC(=O)c2ccccc2N(C)S(C)(=O)=O)cc1. The van der Waals surface area contributed by atoms with Gasteiger partial charge in [0.1, 0.15) is 0 Å². The number of carbonyl (C=O) groups is 2. The van der Waals surface area contributed by atoms with E-state index >= 15 is 0 Å². The second-order valence-electron chi connectivity index (χ2n) is 5.36. The van der Waals surface area contributed by atoms with E-state index in [1.807, 2.05) is 0 Å². The van der Waals surface area contributed by atoms with Crippen molar-refractivity contribution in [3.63, 3.8) is 0 Å². The lowest BCUT2D eigenvalue weighted by molar-refractivity contribution is 0.0962. The van der Waals surface area contributed by atoms with Crippen LogP contribution in [-0.2, 0) is 10.0 Å². The predicted molar refractivity (Wildman–Crippen MR) is 97.5 cm³/mol. The van der Waals surface area contributed by atoms with Gasteiger partial charge in [0, 0.05) is 25.3 Å². The van der Waals surface area contributed by atoms with Crippen LogP contribution in [0.1, 0.15) is 20.7 Å². The molecule has 132 valence electrons. The molecule has 0 aliphatic carbocycles. The van der Waals surface area contributed by atoms with Crippen LogP contribution in [0.3, 0.4) is 0 Å². The van der Waals surface area contributed by atoms with Gasteiger partial charge in [-0.15, -0.1) is 0 Å². The molecule has 7 nitrogen and oxygen atoms in total. The van der Waals surface area contributed by atoms with Gasteiger partial charge in [-0.25, -0.2) is 8.42 Å². The first-order chi connectivity index (χ1) is 11.7. The minimum Gasteiger partial charge on any atom is -0.355 e. The Morgan fingerprint density at radius 1 is 0.960 bits per heavy atom. The lowest BCUT2D eigenvalue weighted by Crippen LogP contribution is -2.27. The van der Waals surface area contributed by atoms with Crippen LogP contribution < -0.4 is 14.9 Å². The van der Waals surface area contributed by atoms with E-state index in [1.165, 1.54) is 14.1 Å². The molecule has 2 amide bonds. The third kappa shape index (κ3) is 4.36. The lowest BCUT2D eigenvalue weighted by Gasteiger charge is -2.19. The Morgan fingerprint density at radius 3 is 2.12 bits per heavy atom. The second-order valence-corrected chi connectivity index (χ2v) is 7.37. The topological polar surface area (TPSA) is 95.6 Å². The van der Waals surface area contributed by atoms with Crippen LogP contribution in [-0.4, -0.2) is 40.6 Å². The van der Waals surface area contributed by atoms with E-state index in [4.69, 9.17) is 0 Å². The Morgan fingerprint density at radius 2 is 1.56 bits per heavy atom. The highest BCUT2D eigenvalue weighted by Crippen LogP contribution is 2.22. The van der Waals surface area contributed by atoms with Crippen LogP contribution in [0, 0.1) is 0 Å². The van der Waals surface area contributed by atoms with Gasteiger partial charge in [0.2, 0.25) is 10.0 Å². The molecule has 0 saturated carbocycles. The molecule has 0 aliphatic heterocycles. The molecule has 2 rings (SSSR count). The standard InChI is InChI=1S/C17H19N3O4S/c1-18-16(21)12-8-10-13(11-9-12)19-17(22)14-6-4-5-7-15(14)20(2)25(3,23)24/h4-11H,1-3H3,(H,18,21)(H,19,22). The highest BCUT2D eigenvalue weighted by molar-refractivity contribution is 7.92. The van der Waals surface area contributed by atoms with Crippen LogP contribution in [0.2, 0.25) is 0 Å². The van der Waals surface area contributed by atoms with Crippen molar-refractivity contribution in [2.45, 2.75) is 0 Å². The van der Waals surface area contributed by atoms with Crippen LogP contribution >= 0.6 is 0 Å². The average molecular weight is 361 g/mol. The largest absolute Gasteiger partial charge is 0.355 e. The quantitative estimate of drug-likeness (QED) is 0.847. The third-order valence-corrected chi connectivity index (χ3v) is 4.81. The van der Waals surface area contributed by atoms with Crippen molar-refractivity contribution >= 4 is 33.2 Å². The van der Waals surface area contributed by atoms with Gasteiger partial charge >= 0.3 is 0 Å². The zero-order valence-electron chi connectivity index (χ0n) is 14.1.